The van der Waals surface area contributed by atoms with Crippen LogP contribution in [0.25, 0.3) is 5.69 Å². The molecule has 0 aliphatic heterocycles. The first-order valence-electron chi connectivity index (χ1n) is 8.79. The quantitative estimate of drug-likeness (QED) is 0.521. The largest absolute Gasteiger partial charge is 0.326 e. The topological polar surface area (TPSA) is 148 Å². The van der Waals surface area contributed by atoms with E-state index in [4.69, 9.17) is 0 Å². The summed E-state index contributed by atoms with van der Waals surface area (Å²) in [5, 5.41) is 16.0. The Morgan fingerprint density at radius 3 is 2.35 bits per heavy atom. The van der Waals surface area contributed by atoms with Crippen LogP contribution >= 0.6 is 0 Å². The fraction of sp³-hybridized carbons (Fsp3) is 0.167. The van der Waals surface area contributed by atoms with Crippen molar-refractivity contribution in [3.63, 3.8) is 0 Å². The number of hydrogen-bond donors (Lipinski definition) is 3. The number of sulfonamides is 1. The number of nitrogens with one attached hydrogen (secondary N) is 3. The van der Waals surface area contributed by atoms with Gasteiger partial charge in [-0.25, -0.2) is 12.8 Å². The van der Waals surface area contributed by atoms with Crippen LogP contribution in [0.15, 0.2) is 36.4 Å². The van der Waals surface area contributed by atoms with Crippen molar-refractivity contribution in [2.45, 2.75) is 13.8 Å². The highest BCUT2D eigenvalue weighted by atomic mass is 32.2. The summed E-state index contributed by atoms with van der Waals surface area (Å²) in [6, 6.07) is 7.91. The second-order valence-corrected chi connectivity index (χ2v) is 8.32. The smallest absolute Gasteiger partial charge is 0.257 e. The third-order valence-corrected chi connectivity index (χ3v) is 4.53. The van der Waals surface area contributed by atoms with Gasteiger partial charge in [0, 0.05) is 18.3 Å². The molecule has 1 heterocycles. The maximum atomic E-state index is 14.3. The SMILES string of the molecule is CC(=O)Nc1ccc(NS(C)(=O)=O)c(C(=O)Nc2ccc(F)c(-n3nnnc3C)c2)c1. The Morgan fingerprint density at radius 1 is 1.06 bits per heavy atom. The van der Waals surface area contributed by atoms with E-state index in [2.05, 4.69) is 30.9 Å². The Bertz CT molecular complexity index is 1270. The molecule has 0 saturated carbocycles. The standard InChI is InChI=1S/C18H18FN7O4S/c1-10-22-24-25-26(10)17-9-13(4-6-15(17)19)21-18(28)14-8-12(20-11(2)27)5-7-16(14)23-31(3,29)30/h4-9,23H,1-3H3,(H,20,27)(H,21,28). The molecule has 0 unspecified atom stereocenters. The van der Waals surface area contributed by atoms with Crippen LogP contribution in [0, 0.1) is 12.7 Å². The van der Waals surface area contributed by atoms with Gasteiger partial charge < -0.3 is 10.6 Å². The first-order valence-corrected chi connectivity index (χ1v) is 10.7. The summed E-state index contributed by atoms with van der Waals surface area (Å²) in [5.74, 6) is -1.33. The van der Waals surface area contributed by atoms with Crippen molar-refractivity contribution in [1.82, 2.24) is 20.2 Å². The molecule has 3 rings (SSSR count). The van der Waals surface area contributed by atoms with E-state index in [9.17, 15) is 22.4 Å². The number of benzene rings is 2. The molecule has 0 spiro atoms. The lowest BCUT2D eigenvalue weighted by Crippen LogP contribution is -2.18. The Kier molecular flexibility index (Phi) is 5.97. The van der Waals surface area contributed by atoms with Crippen LogP contribution in [0.5, 0.6) is 0 Å². The van der Waals surface area contributed by atoms with Gasteiger partial charge in [-0.1, -0.05) is 0 Å². The van der Waals surface area contributed by atoms with E-state index in [1.165, 1.54) is 41.9 Å². The van der Waals surface area contributed by atoms with E-state index in [1.807, 2.05) is 0 Å². The normalized spacial score (nSPS) is 11.1. The fourth-order valence-electron chi connectivity index (χ4n) is 2.71. The Labute approximate surface area is 176 Å². The van der Waals surface area contributed by atoms with Crippen molar-refractivity contribution in [1.29, 1.82) is 0 Å². The molecule has 1 aromatic heterocycles. The summed E-state index contributed by atoms with van der Waals surface area (Å²) >= 11 is 0. The van der Waals surface area contributed by atoms with E-state index in [0.29, 0.717) is 11.5 Å². The minimum Gasteiger partial charge on any atom is -0.326 e. The molecule has 31 heavy (non-hydrogen) atoms. The van der Waals surface area contributed by atoms with Gasteiger partial charge >= 0.3 is 0 Å². The maximum absolute atomic E-state index is 14.3. The average Bonchev–Trinajstić information content (AvgIpc) is 3.08. The molecule has 2 amide bonds. The molecule has 0 saturated heterocycles. The van der Waals surface area contributed by atoms with Crippen LogP contribution < -0.4 is 15.4 Å². The molecule has 0 radical (unpaired) electrons. The van der Waals surface area contributed by atoms with Crippen LogP contribution in [0.1, 0.15) is 23.1 Å². The van der Waals surface area contributed by atoms with E-state index >= 15 is 0 Å². The van der Waals surface area contributed by atoms with Gasteiger partial charge in [0.05, 0.1) is 17.5 Å². The lowest BCUT2D eigenvalue weighted by molar-refractivity contribution is -0.114. The molecular formula is C18H18FN7O4S. The average molecular weight is 447 g/mol. The highest BCUT2D eigenvalue weighted by Crippen LogP contribution is 2.24. The van der Waals surface area contributed by atoms with Crippen LogP contribution in [0.2, 0.25) is 0 Å². The number of aryl methyl sites for hydroxylation is 1. The van der Waals surface area contributed by atoms with E-state index in [0.717, 1.165) is 12.3 Å². The highest BCUT2D eigenvalue weighted by molar-refractivity contribution is 7.92. The van der Waals surface area contributed by atoms with Gasteiger partial charge in [0.25, 0.3) is 5.91 Å². The molecule has 162 valence electrons. The Balaban J connectivity index is 1.97. The first-order chi connectivity index (χ1) is 14.5. The summed E-state index contributed by atoms with van der Waals surface area (Å²) in [5.41, 5.74) is 0.475. The third-order valence-electron chi connectivity index (χ3n) is 3.94. The zero-order valence-electron chi connectivity index (χ0n) is 16.7. The maximum Gasteiger partial charge on any atom is 0.257 e. The third kappa shape index (κ3) is 5.39. The summed E-state index contributed by atoms with van der Waals surface area (Å²) in [6.07, 6.45) is 0.942. The van der Waals surface area contributed by atoms with Gasteiger partial charge in [0.1, 0.15) is 11.5 Å². The number of carbonyl (C=O) groups excluding carboxylic acids is 2. The van der Waals surface area contributed by atoms with E-state index in [1.54, 1.807) is 6.92 Å². The van der Waals surface area contributed by atoms with Crippen molar-refractivity contribution in [2.75, 3.05) is 21.6 Å². The molecule has 0 aliphatic rings. The summed E-state index contributed by atoms with van der Waals surface area (Å²) in [4.78, 5) is 24.2. The molecular weight excluding hydrogens is 429 g/mol. The second-order valence-electron chi connectivity index (χ2n) is 6.57. The number of amides is 2. The van der Waals surface area contributed by atoms with Crippen molar-refractivity contribution in [3.8, 4) is 5.69 Å². The molecule has 2 aromatic carbocycles. The van der Waals surface area contributed by atoms with Crippen molar-refractivity contribution < 1.29 is 22.4 Å². The fourth-order valence-corrected chi connectivity index (χ4v) is 3.28. The van der Waals surface area contributed by atoms with Gasteiger partial charge in [-0.2, -0.15) is 4.68 Å². The minimum atomic E-state index is -3.68. The highest BCUT2D eigenvalue weighted by Gasteiger charge is 2.17. The summed E-state index contributed by atoms with van der Waals surface area (Å²) < 4.78 is 41.0. The van der Waals surface area contributed by atoms with Crippen molar-refractivity contribution in [3.05, 3.63) is 53.6 Å². The summed E-state index contributed by atoms with van der Waals surface area (Å²) in [6.45, 7) is 2.88. The molecule has 0 atom stereocenters. The molecule has 0 fully saturated rings. The second kappa shape index (κ2) is 8.47. The van der Waals surface area contributed by atoms with Gasteiger partial charge in [-0.3, -0.25) is 14.3 Å². The van der Waals surface area contributed by atoms with E-state index in [-0.39, 0.29) is 28.5 Å². The molecule has 13 heteroatoms. The number of nitrogens with zero attached hydrogens (tertiary/aromatic N) is 4. The number of rotatable bonds is 6. The Morgan fingerprint density at radius 2 is 1.74 bits per heavy atom. The zero-order chi connectivity index (χ0) is 22.8. The lowest BCUT2D eigenvalue weighted by atomic mass is 10.1. The van der Waals surface area contributed by atoms with Crippen LogP contribution in [-0.4, -0.2) is 46.7 Å². The number of halogens is 1. The zero-order valence-corrected chi connectivity index (χ0v) is 17.5. The number of hydrogen-bond acceptors (Lipinski definition) is 7. The number of carbonyl (C=O) groups is 2. The first kappa shape index (κ1) is 21.8. The molecule has 0 aliphatic carbocycles. The number of anilines is 3. The molecule has 3 N–H and O–H groups in total. The monoisotopic (exact) mass is 447 g/mol. The minimum absolute atomic E-state index is 0.00718. The van der Waals surface area contributed by atoms with Gasteiger partial charge in [0.2, 0.25) is 15.9 Å². The van der Waals surface area contributed by atoms with E-state index < -0.39 is 21.7 Å². The van der Waals surface area contributed by atoms with Crippen LogP contribution in [0.3, 0.4) is 0 Å². The van der Waals surface area contributed by atoms with Gasteiger partial charge in [-0.15, -0.1) is 5.10 Å². The van der Waals surface area contributed by atoms with Gasteiger partial charge in [0.15, 0.2) is 5.82 Å². The number of tetrazole rings is 1. The van der Waals surface area contributed by atoms with Gasteiger partial charge in [-0.05, 0) is 53.7 Å². The lowest BCUT2D eigenvalue weighted by Gasteiger charge is -2.14. The Hall–Kier alpha value is -3.87. The summed E-state index contributed by atoms with van der Waals surface area (Å²) in [7, 11) is -3.68. The number of aromatic nitrogens is 4. The molecule has 3 aromatic rings. The molecule has 11 nitrogen and oxygen atoms in total. The predicted octanol–water partition coefficient (Wildman–Crippen LogP) is 1.69. The predicted molar refractivity (Wildman–Crippen MR) is 111 cm³/mol. The molecule has 0 bridgehead atoms. The van der Waals surface area contributed by atoms with Crippen LogP contribution in [0.4, 0.5) is 21.5 Å². The van der Waals surface area contributed by atoms with Crippen molar-refractivity contribution >= 4 is 38.9 Å². The van der Waals surface area contributed by atoms with Crippen LogP contribution in [-0.2, 0) is 14.8 Å². The van der Waals surface area contributed by atoms with Crippen molar-refractivity contribution in [2.24, 2.45) is 0 Å².